The third-order valence-corrected chi connectivity index (χ3v) is 2.20. The number of carbonyl (C=O) groups excluding carboxylic acids is 1. The van der Waals surface area contributed by atoms with Crippen molar-refractivity contribution in [1.29, 1.82) is 0 Å². The van der Waals surface area contributed by atoms with E-state index in [-0.39, 0.29) is 5.78 Å². The number of Topliss-reactive ketones (excluding diaryl/α,β-unsaturated/α-hetero) is 1. The van der Waals surface area contributed by atoms with Crippen LogP contribution in [0.15, 0.2) is 36.4 Å². The molecule has 1 aromatic rings. The summed E-state index contributed by atoms with van der Waals surface area (Å²) in [6.45, 7) is 8.21. The standard InChI is InChI=1S/C13H17NO/c1-10(2)9-14(4)13-8-6-5-7-12(13)11(3)15/h5-8H,1,9H2,2-4H3. The highest BCUT2D eigenvalue weighted by Gasteiger charge is 2.09. The van der Waals surface area contributed by atoms with Crippen LogP contribution in [0, 0.1) is 0 Å². The Morgan fingerprint density at radius 3 is 2.47 bits per heavy atom. The largest absolute Gasteiger partial charge is 0.370 e. The van der Waals surface area contributed by atoms with Crippen LogP contribution in [0.1, 0.15) is 24.2 Å². The fourth-order valence-corrected chi connectivity index (χ4v) is 1.59. The first-order valence-corrected chi connectivity index (χ1v) is 4.98. The lowest BCUT2D eigenvalue weighted by Gasteiger charge is -2.21. The number of anilines is 1. The van der Waals surface area contributed by atoms with Crippen LogP contribution in [0.25, 0.3) is 0 Å². The van der Waals surface area contributed by atoms with Crippen molar-refractivity contribution >= 4 is 11.5 Å². The van der Waals surface area contributed by atoms with Crippen LogP contribution in [0.3, 0.4) is 0 Å². The molecular weight excluding hydrogens is 186 g/mol. The minimum absolute atomic E-state index is 0.0964. The molecule has 0 aromatic heterocycles. The maximum atomic E-state index is 11.4. The summed E-state index contributed by atoms with van der Waals surface area (Å²) >= 11 is 0. The molecule has 0 amide bonds. The van der Waals surface area contributed by atoms with Gasteiger partial charge in [-0.05, 0) is 26.0 Å². The Kier molecular flexibility index (Phi) is 3.67. The summed E-state index contributed by atoms with van der Waals surface area (Å²) in [6.07, 6.45) is 0. The fourth-order valence-electron chi connectivity index (χ4n) is 1.59. The molecule has 80 valence electrons. The van der Waals surface area contributed by atoms with E-state index in [0.717, 1.165) is 23.4 Å². The minimum Gasteiger partial charge on any atom is -0.370 e. The molecule has 0 aliphatic rings. The van der Waals surface area contributed by atoms with Crippen molar-refractivity contribution in [1.82, 2.24) is 0 Å². The van der Waals surface area contributed by atoms with Gasteiger partial charge in [0.2, 0.25) is 0 Å². The summed E-state index contributed by atoms with van der Waals surface area (Å²) in [4.78, 5) is 13.4. The van der Waals surface area contributed by atoms with Gasteiger partial charge in [-0.2, -0.15) is 0 Å². The van der Waals surface area contributed by atoms with E-state index in [1.165, 1.54) is 0 Å². The second kappa shape index (κ2) is 4.78. The van der Waals surface area contributed by atoms with Gasteiger partial charge in [0.1, 0.15) is 0 Å². The number of hydrogen-bond acceptors (Lipinski definition) is 2. The topological polar surface area (TPSA) is 20.3 Å². The molecular formula is C13H17NO. The lowest BCUT2D eigenvalue weighted by atomic mass is 10.1. The van der Waals surface area contributed by atoms with Crippen LogP contribution in [-0.4, -0.2) is 19.4 Å². The Hall–Kier alpha value is -1.57. The van der Waals surface area contributed by atoms with Crippen LogP contribution >= 0.6 is 0 Å². The predicted octanol–water partition coefficient (Wildman–Crippen LogP) is 2.90. The van der Waals surface area contributed by atoms with Crippen molar-refractivity contribution in [2.24, 2.45) is 0 Å². The van der Waals surface area contributed by atoms with E-state index in [4.69, 9.17) is 0 Å². The van der Waals surface area contributed by atoms with Gasteiger partial charge < -0.3 is 4.90 Å². The van der Waals surface area contributed by atoms with Crippen molar-refractivity contribution in [3.8, 4) is 0 Å². The van der Waals surface area contributed by atoms with Gasteiger partial charge >= 0.3 is 0 Å². The van der Waals surface area contributed by atoms with E-state index in [1.54, 1.807) is 6.92 Å². The summed E-state index contributed by atoms with van der Waals surface area (Å²) in [5, 5.41) is 0. The first kappa shape index (κ1) is 11.5. The lowest BCUT2D eigenvalue weighted by Crippen LogP contribution is -2.21. The van der Waals surface area contributed by atoms with Crippen LogP contribution < -0.4 is 4.90 Å². The van der Waals surface area contributed by atoms with Gasteiger partial charge in [-0.25, -0.2) is 0 Å². The summed E-state index contributed by atoms with van der Waals surface area (Å²) in [7, 11) is 1.97. The molecule has 1 aromatic carbocycles. The fraction of sp³-hybridized carbons (Fsp3) is 0.308. The molecule has 0 saturated heterocycles. The zero-order valence-electron chi connectivity index (χ0n) is 9.58. The molecule has 0 N–H and O–H groups in total. The maximum absolute atomic E-state index is 11.4. The van der Waals surface area contributed by atoms with E-state index < -0.39 is 0 Å². The van der Waals surface area contributed by atoms with Crippen molar-refractivity contribution in [3.05, 3.63) is 42.0 Å². The molecule has 0 saturated carbocycles. The first-order chi connectivity index (χ1) is 7.02. The van der Waals surface area contributed by atoms with E-state index in [0.29, 0.717) is 0 Å². The van der Waals surface area contributed by atoms with Gasteiger partial charge in [-0.1, -0.05) is 24.3 Å². The number of likely N-dealkylation sites (N-methyl/N-ethyl adjacent to an activating group) is 1. The minimum atomic E-state index is 0.0964. The van der Waals surface area contributed by atoms with Crippen LogP contribution in [-0.2, 0) is 0 Å². The third-order valence-electron chi connectivity index (χ3n) is 2.20. The van der Waals surface area contributed by atoms with Crippen molar-refractivity contribution in [2.75, 3.05) is 18.5 Å². The molecule has 2 heteroatoms. The zero-order valence-corrected chi connectivity index (χ0v) is 9.58. The maximum Gasteiger partial charge on any atom is 0.161 e. The monoisotopic (exact) mass is 203 g/mol. The Morgan fingerprint density at radius 1 is 1.33 bits per heavy atom. The SMILES string of the molecule is C=C(C)CN(C)c1ccccc1C(C)=O. The highest BCUT2D eigenvalue weighted by molar-refractivity contribution is 5.99. The molecule has 0 heterocycles. The van der Waals surface area contributed by atoms with Gasteiger partial charge in [0.25, 0.3) is 0 Å². The van der Waals surface area contributed by atoms with Crippen molar-refractivity contribution in [3.63, 3.8) is 0 Å². The normalized spacial score (nSPS) is 9.80. The predicted molar refractivity (Wildman–Crippen MR) is 64.5 cm³/mol. The number of nitrogens with zero attached hydrogens (tertiary/aromatic N) is 1. The average Bonchev–Trinajstić information content (AvgIpc) is 2.16. The van der Waals surface area contributed by atoms with Crippen LogP contribution in [0.2, 0.25) is 0 Å². The molecule has 15 heavy (non-hydrogen) atoms. The Morgan fingerprint density at radius 2 is 1.93 bits per heavy atom. The summed E-state index contributed by atoms with van der Waals surface area (Å²) in [6, 6.07) is 7.64. The highest BCUT2D eigenvalue weighted by atomic mass is 16.1. The zero-order chi connectivity index (χ0) is 11.4. The van der Waals surface area contributed by atoms with Crippen molar-refractivity contribution in [2.45, 2.75) is 13.8 Å². The number of hydrogen-bond donors (Lipinski definition) is 0. The molecule has 0 fully saturated rings. The molecule has 0 atom stereocenters. The number of benzene rings is 1. The van der Waals surface area contributed by atoms with Gasteiger partial charge in [-0.15, -0.1) is 0 Å². The molecule has 0 unspecified atom stereocenters. The quantitative estimate of drug-likeness (QED) is 0.554. The highest BCUT2D eigenvalue weighted by Crippen LogP contribution is 2.20. The van der Waals surface area contributed by atoms with Gasteiger partial charge in [-0.3, -0.25) is 4.79 Å². The van der Waals surface area contributed by atoms with Crippen LogP contribution in [0.4, 0.5) is 5.69 Å². The molecule has 0 bridgehead atoms. The lowest BCUT2D eigenvalue weighted by molar-refractivity contribution is 0.101. The second-order valence-electron chi connectivity index (χ2n) is 3.89. The third kappa shape index (κ3) is 2.94. The van der Waals surface area contributed by atoms with E-state index in [2.05, 4.69) is 6.58 Å². The molecule has 1 rings (SSSR count). The van der Waals surface area contributed by atoms with E-state index in [9.17, 15) is 4.79 Å². The molecule has 2 nitrogen and oxygen atoms in total. The molecule has 0 radical (unpaired) electrons. The number of carbonyl (C=O) groups is 1. The summed E-state index contributed by atoms with van der Waals surface area (Å²) in [5.74, 6) is 0.0964. The summed E-state index contributed by atoms with van der Waals surface area (Å²) < 4.78 is 0. The number of rotatable bonds is 4. The molecule has 0 spiro atoms. The molecule has 0 aliphatic carbocycles. The van der Waals surface area contributed by atoms with Gasteiger partial charge in [0.05, 0.1) is 0 Å². The van der Waals surface area contributed by atoms with Crippen LogP contribution in [0.5, 0.6) is 0 Å². The van der Waals surface area contributed by atoms with E-state index >= 15 is 0 Å². The van der Waals surface area contributed by atoms with Gasteiger partial charge in [0, 0.05) is 24.8 Å². The second-order valence-corrected chi connectivity index (χ2v) is 3.89. The smallest absolute Gasteiger partial charge is 0.161 e. The van der Waals surface area contributed by atoms with E-state index in [1.807, 2.05) is 43.1 Å². The number of para-hydroxylation sites is 1. The molecule has 0 aliphatic heterocycles. The Balaban J connectivity index is 3.02. The average molecular weight is 203 g/mol. The van der Waals surface area contributed by atoms with Crippen molar-refractivity contribution < 1.29 is 4.79 Å². The Bertz CT molecular complexity index is 382. The summed E-state index contributed by atoms with van der Waals surface area (Å²) in [5.41, 5.74) is 2.81. The van der Waals surface area contributed by atoms with Gasteiger partial charge in [0.15, 0.2) is 5.78 Å². The first-order valence-electron chi connectivity index (χ1n) is 4.98. The number of ketones is 1. The Labute approximate surface area is 91.2 Å².